The minimum absolute atomic E-state index is 0.0435. The maximum Gasteiger partial charge on any atom is 0.433 e. The number of hydrogen-bond acceptors (Lipinski definition) is 4. The standard InChI is InChI=1S/C14H13F3N2OS/c1-8-13(21-9(2)19-8)11(20)5-3-10-4-6-12(18-7-10)14(15,16)17/h4,6-7H,3,5H2,1-2H3. The molecule has 0 N–H and O–H groups in total. The van der Waals surface area contributed by atoms with Gasteiger partial charge in [0.15, 0.2) is 5.78 Å². The largest absolute Gasteiger partial charge is 0.433 e. The van der Waals surface area contributed by atoms with Crippen molar-refractivity contribution in [2.45, 2.75) is 32.9 Å². The van der Waals surface area contributed by atoms with Crippen LogP contribution in [-0.4, -0.2) is 15.8 Å². The van der Waals surface area contributed by atoms with Crippen LogP contribution in [0.25, 0.3) is 0 Å². The first-order valence-electron chi connectivity index (χ1n) is 6.26. The van der Waals surface area contributed by atoms with Crippen molar-refractivity contribution in [3.8, 4) is 0 Å². The van der Waals surface area contributed by atoms with Crippen LogP contribution in [0.3, 0.4) is 0 Å². The summed E-state index contributed by atoms with van der Waals surface area (Å²) in [7, 11) is 0. The molecule has 0 aliphatic heterocycles. The normalized spacial score (nSPS) is 11.7. The van der Waals surface area contributed by atoms with Crippen LogP contribution in [0.2, 0.25) is 0 Å². The van der Waals surface area contributed by atoms with Crippen molar-refractivity contribution >= 4 is 17.1 Å². The number of aryl methyl sites for hydroxylation is 3. The Kier molecular flexibility index (Phi) is 4.41. The molecule has 0 amide bonds. The highest BCUT2D eigenvalue weighted by Gasteiger charge is 2.31. The van der Waals surface area contributed by atoms with Gasteiger partial charge in [-0.2, -0.15) is 13.2 Å². The van der Waals surface area contributed by atoms with Gasteiger partial charge in [-0.05, 0) is 31.9 Å². The summed E-state index contributed by atoms with van der Waals surface area (Å²) in [5, 5.41) is 0.826. The van der Waals surface area contributed by atoms with Gasteiger partial charge in [-0.3, -0.25) is 9.78 Å². The number of hydrogen-bond donors (Lipinski definition) is 0. The number of alkyl halides is 3. The van der Waals surface area contributed by atoms with Crippen molar-refractivity contribution in [1.82, 2.24) is 9.97 Å². The molecule has 0 aliphatic carbocycles. The van der Waals surface area contributed by atoms with E-state index in [0.29, 0.717) is 22.6 Å². The molecule has 0 radical (unpaired) electrons. The molecule has 2 heterocycles. The third kappa shape index (κ3) is 3.87. The third-order valence-corrected chi connectivity index (χ3v) is 4.03. The molecule has 0 saturated heterocycles. The zero-order valence-corrected chi connectivity index (χ0v) is 12.3. The number of rotatable bonds is 4. The molecule has 2 rings (SSSR count). The summed E-state index contributed by atoms with van der Waals surface area (Å²) in [5.41, 5.74) is 0.384. The Hall–Kier alpha value is -1.76. The van der Waals surface area contributed by atoms with Gasteiger partial charge in [0.1, 0.15) is 5.69 Å². The SMILES string of the molecule is Cc1nc(C)c(C(=O)CCc2ccc(C(F)(F)F)nc2)s1. The summed E-state index contributed by atoms with van der Waals surface area (Å²) in [6, 6.07) is 2.29. The highest BCUT2D eigenvalue weighted by molar-refractivity contribution is 7.13. The third-order valence-electron chi connectivity index (χ3n) is 2.91. The zero-order valence-electron chi connectivity index (χ0n) is 11.5. The summed E-state index contributed by atoms with van der Waals surface area (Å²) in [5.74, 6) is -0.0435. The average Bonchev–Trinajstić information content (AvgIpc) is 2.74. The first-order chi connectivity index (χ1) is 9.77. The van der Waals surface area contributed by atoms with E-state index in [9.17, 15) is 18.0 Å². The Balaban J connectivity index is 2.00. The summed E-state index contributed by atoms with van der Waals surface area (Å²) < 4.78 is 37.1. The number of carbonyl (C=O) groups excluding carboxylic acids is 1. The Morgan fingerprint density at radius 1 is 1.29 bits per heavy atom. The number of ketones is 1. The fourth-order valence-electron chi connectivity index (χ4n) is 1.90. The van der Waals surface area contributed by atoms with Crippen molar-refractivity contribution in [2.75, 3.05) is 0 Å². The van der Waals surface area contributed by atoms with Crippen molar-refractivity contribution in [3.05, 3.63) is 45.2 Å². The van der Waals surface area contributed by atoms with E-state index >= 15 is 0 Å². The van der Waals surface area contributed by atoms with Crippen molar-refractivity contribution in [2.24, 2.45) is 0 Å². The van der Waals surface area contributed by atoms with Gasteiger partial charge in [0.05, 0.1) is 15.6 Å². The molecule has 2 aromatic rings. The second-order valence-corrected chi connectivity index (χ2v) is 5.82. The molecule has 0 bridgehead atoms. The van der Waals surface area contributed by atoms with E-state index < -0.39 is 11.9 Å². The number of thiazole rings is 1. The Morgan fingerprint density at radius 2 is 2.00 bits per heavy atom. The quantitative estimate of drug-likeness (QED) is 0.801. The summed E-state index contributed by atoms with van der Waals surface area (Å²) in [6.07, 6.45) is -2.68. The lowest BCUT2D eigenvalue weighted by Gasteiger charge is -2.06. The Bertz CT molecular complexity index is 647. The van der Waals surface area contributed by atoms with E-state index in [-0.39, 0.29) is 12.2 Å². The molecule has 112 valence electrons. The van der Waals surface area contributed by atoms with E-state index in [2.05, 4.69) is 9.97 Å². The molecule has 0 aromatic carbocycles. The number of nitrogens with zero attached hydrogens (tertiary/aromatic N) is 2. The Labute approximate surface area is 123 Å². The van der Waals surface area contributed by atoms with Crippen molar-refractivity contribution < 1.29 is 18.0 Å². The highest BCUT2D eigenvalue weighted by Crippen LogP contribution is 2.27. The lowest BCUT2D eigenvalue weighted by molar-refractivity contribution is -0.141. The molecule has 7 heteroatoms. The highest BCUT2D eigenvalue weighted by atomic mass is 32.1. The van der Waals surface area contributed by atoms with Crippen LogP contribution < -0.4 is 0 Å². The number of carbonyl (C=O) groups is 1. The second kappa shape index (κ2) is 5.93. The summed E-state index contributed by atoms with van der Waals surface area (Å²) >= 11 is 1.34. The molecule has 0 fully saturated rings. The van der Waals surface area contributed by atoms with Crippen molar-refractivity contribution in [3.63, 3.8) is 0 Å². The topological polar surface area (TPSA) is 42.9 Å². The summed E-state index contributed by atoms with van der Waals surface area (Å²) in [6.45, 7) is 3.60. The Morgan fingerprint density at radius 3 is 2.48 bits per heavy atom. The fraction of sp³-hybridized carbons (Fsp3) is 0.357. The number of aromatic nitrogens is 2. The number of pyridine rings is 1. The van der Waals surface area contributed by atoms with E-state index in [4.69, 9.17) is 0 Å². The lowest BCUT2D eigenvalue weighted by Crippen LogP contribution is -2.08. The van der Waals surface area contributed by atoms with E-state index in [1.54, 1.807) is 6.92 Å². The maximum atomic E-state index is 12.4. The van der Waals surface area contributed by atoms with Crippen LogP contribution in [0.1, 0.15) is 38.1 Å². The first-order valence-corrected chi connectivity index (χ1v) is 7.08. The van der Waals surface area contributed by atoms with E-state index in [0.717, 1.165) is 11.1 Å². The van der Waals surface area contributed by atoms with Crippen molar-refractivity contribution in [1.29, 1.82) is 0 Å². The van der Waals surface area contributed by atoms with Crippen LogP contribution in [-0.2, 0) is 12.6 Å². The summed E-state index contributed by atoms with van der Waals surface area (Å²) in [4.78, 5) is 20.2. The van der Waals surface area contributed by atoms with Gasteiger partial charge in [-0.25, -0.2) is 4.98 Å². The second-order valence-electron chi connectivity index (χ2n) is 4.62. The molecule has 0 spiro atoms. The maximum absolute atomic E-state index is 12.4. The van der Waals surface area contributed by atoms with Crippen LogP contribution in [0.4, 0.5) is 13.2 Å². The zero-order chi connectivity index (χ0) is 15.6. The van der Waals surface area contributed by atoms with Crippen LogP contribution in [0.5, 0.6) is 0 Å². The van der Waals surface area contributed by atoms with Gasteiger partial charge in [0.25, 0.3) is 0 Å². The number of Topliss-reactive ketones (excluding diaryl/α,β-unsaturated/α-hetero) is 1. The monoisotopic (exact) mass is 314 g/mol. The first kappa shape index (κ1) is 15.6. The fourth-order valence-corrected chi connectivity index (χ4v) is 2.79. The number of halogens is 3. The molecule has 0 atom stereocenters. The van der Waals surface area contributed by atoms with E-state index in [1.807, 2.05) is 6.92 Å². The molecular formula is C14H13F3N2OS. The van der Waals surface area contributed by atoms with Gasteiger partial charge < -0.3 is 0 Å². The van der Waals surface area contributed by atoms with Gasteiger partial charge in [-0.1, -0.05) is 6.07 Å². The predicted octanol–water partition coefficient (Wildman–Crippen LogP) is 3.99. The molecular weight excluding hydrogens is 301 g/mol. The average molecular weight is 314 g/mol. The van der Waals surface area contributed by atoms with Gasteiger partial charge in [0, 0.05) is 12.6 Å². The minimum Gasteiger partial charge on any atom is -0.293 e. The van der Waals surface area contributed by atoms with Gasteiger partial charge >= 0.3 is 6.18 Å². The van der Waals surface area contributed by atoms with Crippen LogP contribution in [0, 0.1) is 13.8 Å². The molecule has 0 saturated carbocycles. The molecule has 21 heavy (non-hydrogen) atoms. The van der Waals surface area contributed by atoms with Gasteiger partial charge in [0.2, 0.25) is 0 Å². The predicted molar refractivity (Wildman–Crippen MR) is 73.5 cm³/mol. The van der Waals surface area contributed by atoms with E-state index in [1.165, 1.54) is 23.6 Å². The smallest absolute Gasteiger partial charge is 0.293 e. The lowest BCUT2D eigenvalue weighted by atomic mass is 10.1. The molecule has 0 unspecified atom stereocenters. The molecule has 2 aromatic heterocycles. The molecule has 0 aliphatic rings. The molecule has 3 nitrogen and oxygen atoms in total. The van der Waals surface area contributed by atoms with Crippen LogP contribution in [0.15, 0.2) is 18.3 Å². The van der Waals surface area contributed by atoms with Gasteiger partial charge in [-0.15, -0.1) is 11.3 Å². The van der Waals surface area contributed by atoms with Crippen LogP contribution >= 0.6 is 11.3 Å². The minimum atomic E-state index is -4.44.